The van der Waals surface area contributed by atoms with Gasteiger partial charge >= 0.3 is 5.97 Å². The standard InChI is InChI=1S/C25H25NO5/c1-15-8-10-17(11-9-15)22(27)16(2)31-25(30)18-12-13-20-21(14-18)24(29)26(23(20)28)19-6-4-3-5-7-19/h8-14,16,19H,3-7H2,1-2H3. The maximum Gasteiger partial charge on any atom is 0.338 e. The monoisotopic (exact) mass is 419 g/mol. The number of imide groups is 1. The van der Waals surface area contributed by atoms with E-state index in [4.69, 9.17) is 4.74 Å². The van der Waals surface area contributed by atoms with Crippen LogP contribution in [0.25, 0.3) is 0 Å². The first-order valence-corrected chi connectivity index (χ1v) is 10.7. The number of carbonyl (C=O) groups excluding carboxylic acids is 4. The summed E-state index contributed by atoms with van der Waals surface area (Å²) in [5.41, 5.74) is 2.18. The highest BCUT2D eigenvalue weighted by Gasteiger charge is 2.40. The number of hydrogen-bond donors (Lipinski definition) is 0. The fourth-order valence-electron chi connectivity index (χ4n) is 4.29. The topological polar surface area (TPSA) is 80.8 Å². The predicted molar refractivity (Wildman–Crippen MR) is 114 cm³/mol. The van der Waals surface area contributed by atoms with Crippen molar-refractivity contribution in [1.29, 1.82) is 0 Å². The number of fused-ring (bicyclic) bond motifs is 1. The lowest BCUT2D eigenvalue weighted by Gasteiger charge is -2.29. The molecule has 0 bridgehead atoms. The van der Waals surface area contributed by atoms with Gasteiger partial charge in [0.15, 0.2) is 6.10 Å². The van der Waals surface area contributed by atoms with Crippen LogP contribution >= 0.6 is 0 Å². The quantitative estimate of drug-likeness (QED) is 0.409. The van der Waals surface area contributed by atoms with Gasteiger partial charge in [-0.25, -0.2) is 4.79 Å². The normalized spacial score (nSPS) is 17.4. The summed E-state index contributed by atoms with van der Waals surface area (Å²) in [5.74, 6) is -1.66. The van der Waals surface area contributed by atoms with Crippen molar-refractivity contribution in [3.8, 4) is 0 Å². The summed E-state index contributed by atoms with van der Waals surface area (Å²) in [5, 5.41) is 0. The van der Waals surface area contributed by atoms with E-state index in [1.54, 1.807) is 12.1 Å². The zero-order chi connectivity index (χ0) is 22.1. The highest BCUT2D eigenvalue weighted by Crippen LogP contribution is 2.31. The van der Waals surface area contributed by atoms with Crippen molar-refractivity contribution in [2.24, 2.45) is 0 Å². The van der Waals surface area contributed by atoms with Gasteiger partial charge < -0.3 is 4.74 Å². The molecule has 0 aromatic heterocycles. The number of nitrogens with zero attached hydrogens (tertiary/aromatic N) is 1. The molecule has 2 aromatic carbocycles. The smallest absolute Gasteiger partial charge is 0.338 e. The van der Waals surface area contributed by atoms with Crippen LogP contribution < -0.4 is 0 Å². The van der Waals surface area contributed by atoms with Crippen LogP contribution in [0.2, 0.25) is 0 Å². The van der Waals surface area contributed by atoms with Crippen LogP contribution in [0, 0.1) is 6.92 Å². The molecule has 2 amide bonds. The Balaban J connectivity index is 1.49. The van der Waals surface area contributed by atoms with Gasteiger partial charge in [-0.1, -0.05) is 49.1 Å². The third kappa shape index (κ3) is 4.02. The highest BCUT2D eigenvalue weighted by atomic mass is 16.5. The van der Waals surface area contributed by atoms with E-state index >= 15 is 0 Å². The summed E-state index contributed by atoms with van der Waals surface area (Å²) in [6.45, 7) is 3.44. The number of amides is 2. The van der Waals surface area contributed by atoms with Gasteiger partial charge in [-0.05, 0) is 44.9 Å². The Bertz CT molecular complexity index is 1050. The number of hydrogen-bond acceptors (Lipinski definition) is 5. The Kier molecular flexibility index (Phi) is 5.72. The molecule has 4 rings (SSSR count). The van der Waals surface area contributed by atoms with Crippen LogP contribution in [0.3, 0.4) is 0 Å². The largest absolute Gasteiger partial charge is 0.451 e. The average molecular weight is 419 g/mol. The molecule has 160 valence electrons. The van der Waals surface area contributed by atoms with Crippen LogP contribution in [0.15, 0.2) is 42.5 Å². The molecule has 1 heterocycles. The van der Waals surface area contributed by atoms with Crippen LogP contribution in [0.5, 0.6) is 0 Å². The Morgan fingerprint density at radius 1 is 0.903 bits per heavy atom. The molecule has 1 atom stereocenters. The zero-order valence-corrected chi connectivity index (χ0v) is 17.7. The lowest BCUT2D eigenvalue weighted by Crippen LogP contribution is -2.40. The lowest BCUT2D eigenvalue weighted by molar-refractivity contribution is 0.0318. The van der Waals surface area contributed by atoms with Crippen molar-refractivity contribution in [1.82, 2.24) is 4.90 Å². The van der Waals surface area contributed by atoms with Gasteiger partial charge in [0, 0.05) is 11.6 Å². The van der Waals surface area contributed by atoms with Crippen molar-refractivity contribution in [3.05, 3.63) is 70.3 Å². The van der Waals surface area contributed by atoms with Crippen LogP contribution in [-0.4, -0.2) is 40.6 Å². The molecule has 2 aromatic rings. The molecule has 0 N–H and O–H groups in total. The summed E-state index contributed by atoms with van der Waals surface area (Å²) in [7, 11) is 0. The summed E-state index contributed by atoms with van der Waals surface area (Å²) in [4.78, 5) is 52.2. The van der Waals surface area contributed by atoms with E-state index in [-0.39, 0.29) is 34.8 Å². The second-order valence-corrected chi connectivity index (χ2v) is 8.31. The molecule has 0 spiro atoms. The molecule has 1 aliphatic carbocycles. The number of ether oxygens (including phenoxy) is 1. The maximum atomic E-state index is 12.9. The van der Waals surface area contributed by atoms with Crippen molar-refractivity contribution >= 4 is 23.6 Å². The van der Waals surface area contributed by atoms with Crippen LogP contribution in [-0.2, 0) is 4.74 Å². The SMILES string of the molecule is Cc1ccc(C(=O)C(C)OC(=O)c2ccc3c(c2)C(=O)N(C2CCCCC2)C3=O)cc1. The molecule has 0 radical (unpaired) electrons. The molecule has 2 aliphatic rings. The molecule has 31 heavy (non-hydrogen) atoms. The van der Waals surface area contributed by atoms with E-state index in [1.165, 1.54) is 30.0 Å². The first-order chi connectivity index (χ1) is 14.9. The lowest BCUT2D eigenvalue weighted by atomic mass is 9.94. The summed E-state index contributed by atoms with van der Waals surface area (Å²) in [6.07, 6.45) is 3.79. The minimum Gasteiger partial charge on any atom is -0.451 e. The minimum atomic E-state index is -0.973. The molecular weight excluding hydrogens is 394 g/mol. The van der Waals surface area contributed by atoms with Gasteiger partial charge in [0.1, 0.15) is 0 Å². The van der Waals surface area contributed by atoms with Gasteiger partial charge in [0.25, 0.3) is 11.8 Å². The van der Waals surface area contributed by atoms with Gasteiger partial charge in [0.05, 0.1) is 16.7 Å². The Morgan fingerprint density at radius 3 is 2.19 bits per heavy atom. The molecule has 6 heteroatoms. The van der Waals surface area contributed by atoms with Gasteiger partial charge in [0.2, 0.25) is 5.78 Å². The minimum absolute atomic E-state index is 0.0799. The van der Waals surface area contributed by atoms with Gasteiger partial charge in [-0.15, -0.1) is 0 Å². The van der Waals surface area contributed by atoms with E-state index in [0.717, 1.165) is 37.7 Å². The van der Waals surface area contributed by atoms with E-state index in [0.29, 0.717) is 11.1 Å². The second kappa shape index (κ2) is 8.46. The molecule has 1 unspecified atom stereocenters. The molecule has 0 saturated heterocycles. The first kappa shape index (κ1) is 21.0. The molecule has 1 fully saturated rings. The first-order valence-electron chi connectivity index (χ1n) is 10.7. The number of ketones is 1. The summed E-state index contributed by atoms with van der Waals surface area (Å²) < 4.78 is 5.35. The van der Waals surface area contributed by atoms with E-state index < -0.39 is 12.1 Å². The fraction of sp³-hybridized carbons (Fsp3) is 0.360. The highest BCUT2D eigenvalue weighted by molar-refractivity contribution is 6.22. The Labute approximate surface area is 181 Å². The van der Waals surface area contributed by atoms with Crippen molar-refractivity contribution < 1.29 is 23.9 Å². The van der Waals surface area contributed by atoms with E-state index in [2.05, 4.69) is 0 Å². The third-order valence-electron chi connectivity index (χ3n) is 6.08. The molecule has 6 nitrogen and oxygen atoms in total. The van der Waals surface area contributed by atoms with Gasteiger partial charge in [-0.2, -0.15) is 0 Å². The number of esters is 1. The van der Waals surface area contributed by atoms with E-state index in [9.17, 15) is 19.2 Å². The Morgan fingerprint density at radius 2 is 1.52 bits per heavy atom. The number of benzene rings is 2. The average Bonchev–Trinajstić information content (AvgIpc) is 3.03. The second-order valence-electron chi connectivity index (χ2n) is 8.31. The summed E-state index contributed by atoms with van der Waals surface area (Å²) in [6, 6.07) is 11.3. The number of Topliss-reactive ketones (excluding diaryl/α,β-unsaturated/α-hetero) is 1. The maximum absolute atomic E-state index is 12.9. The van der Waals surface area contributed by atoms with Gasteiger partial charge in [-0.3, -0.25) is 19.3 Å². The Hall–Kier alpha value is -3.28. The fourth-order valence-corrected chi connectivity index (χ4v) is 4.29. The number of carbonyl (C=O) groups is 4. The predicted octanol–water partition coefficient (Wildman–Crippen LogP) is 4.35. The van der Waals surface area contributed by atoms with Crippen molar-refractivity contribution in [2.75, 3.05) is 0 Å². The van der Waals surface area contributed by atoms with Crippen LogP contribution in [0.4, 0.5) is 0 Å². The van der Waals surface area contributed by atoms with Crippen LogP contribution in [0.1, 0.15) is 86.0 Å². The molecule has 1 saturated carbocycles. The van der Waals surface area contributed by atoms with Crippen molar-refractivity contribution in [2.45, 2.75) is 58.1 Å². The zero-order valence-electron chi connectivity index (χ0n) is 17.7. The van der Waals surface area contributed by atoms with Crippen molar-refractivity contribution in [3.63, 3.8) is 0 Å². The number of rotatable bonds is 5. The third-order valence-corrected chi connectivity index (χ3v) is 6.08. The number of aryl methyl sites for hydroxylation is 1. The summed E-state index contributed by atoms with van der Waals surface area (Å²) >= 11 is 0. The molecule has 1 aliphatic heterocycles. The molecular formula is C25H25NO5. The van der Waals surface area contributed by atoms with E-state index in [1.807, 2.05) is 19.1 Å².